The SMILES string of the molecule is Cl.ClCc1ccncc1.O=c1cc(-c2ccc(O)cc2)oc2ccccc12.O=c1cc(-c2ccc(OCC3CCN(Cc4ccncc4)CC3)cc2)oc2ccccc12.OCC1CCN(Cc2ccncc2)CC1.OCC1CCNCC1. The highest BCUT2D eigenvalue weighted by Gasteiger charge is 2.21. The Kier molecular flexibility index (Phi) is 25.5. The van der Waals surface area contributed by atoms with Crippen LogP contribution in [0.25, 0.3) is 44.6 Å². The van der Waals surface area contributed by atoms with E-state index in [1.165, 1.54) is 17.2 Å². The van der Waals surface area contributed by atoms with Crippen LogP contribution >= 0.6 is 24.0 Å². The van der Waals surface area contributed by atoms with Gasteiger partial charge in [-0.1, -0.05) is 24.3 Å². The molecule has 3 aliphatic heterocycles. The van der Waals surface area contributed by atoms with Gasteiger partial charge < -0.3 is 34.2 Å². The van der Waals surface area contributed by atoms with Gasteiger partial charge in [-0.3, -0.25) is 34.3 Å². The number of nitrogens with one attached hydrogen (secondary N) is 1. The molecule has 430 valence electrons. The quantitative estimate of drug-likeness (QED) is 0.0846. The maximum atomic E-state index is 12.4. The van der Waals surface area contributed by atoms with Gasteiger partial charge in [0.25, 0.3) is 0 Å². The number of rotatable bonds is 12. The van der Waals surface area contributed by atoms with Gasteiger partial charge in [0, 0.05) is 92.6 Å². The molecule has 0 radical (unpaired) electrons. The average Bonchev–Trinajstić information content (AvgIpc) is 3.64. The number of nitrogens with zero attached hydrogens (tertiary/aromatic N) is 5. The number of benzene rings is 4. The second kappa shape index (κ2) is 33.6. The van der Waals surface area contributed by atoms with E-state index in [9.17, 15) is 14.7 Å². The molecule has 0 amide bonds. The Morgan fingerprint density at radius 2 is 0.927 bits per heavy atom. The van der Waals surface area contributed by atoms with E-state index in [2.05, 4.69) is 54.3 Å². The van der Waals surface area contributed by atoms with Gasteiger partial charge in [0.15, 0.2) is 10.9 Å². The molecule has 8 heterocycles. The Labute approximate surface area is 490 Å². The highest BCUT2D eigenvalue weighted by atomic mass is 35.5. The average molecular weight is 1150 g/mol. The maximum absolute atomic E-state index is 12.4. The number of aromatic hydroxyl groups is 1. The Morgan fingerprint density at radius 1 is 0.524 bits per heavy atom. The highest BCUT2D eigenvalue weighted by Crippen LogP contribution is 2.27. The van der Waals surface area contributed by atoms with Crippen LogP contribution < -0.4 is 20.9 Å². The summed E-state index contributed by atoms with van der Waals surface area (Å²) < 4.78 is 17.7. The van der Waals surface area contributed by atoms with Gasteiger partial charge in [0.2, 0.25) is 0 Å². The molecule has 4 N–H and O–H groups in total. The first-order valence-electron chi connectivity index (χ1n) is 27.9. The molecule has 9 aromatic rings. The molecule has 5 aromatic heterocycles. The van der Waals surface area contributed by atoms with Crippen LogP contribution in [-0.2, 0) is 19.0 Å². The summed E-state index contributed by atoms with van der Waals surface area (Å²) in [6, 6.07) is 43.9. The molecule has 0 bridgehead atoms. The topological polar surface area (TPSA) is 188 Å². The summed E-state index contributed by atoms with van der Waals surface area (Å²) in [5.41, 5.74) is 6.45. The van der Waals surface area contributed by atoms with Crippen molar-refractivity contribution in [3.63, 3.8) is 0 Å². The van der Waals surface area contributed by atoms with Crippen molar-refractivity contribution in [2.75, 3.05) is 59.1 Å². The van der Waals surface area contributed by atoms with E-state index in [0.717, 1.165) is 120 Å². The number of alkyl halides is 1. The summed E-state index contributed by atoms with van der Waals surface area (Å²) in [4.78, 5) is 41.2. The van der Waals surface area contributed by atoms with Crippen LogP contribution in [0.5, 0.6) is 11.5 Å². The van der Waals surface area contributed by atoms with Crippen LogP contribution in [0.1, 0.15) is 55.2 Å². The van der Waals surface area contributed by atoms with Crippen LogP contribution in [0.3, 0.4) is 0 Å². The van der Waals surface area contributed by atoms with Crippen LogP contribution in [0.2, 0.25) is 0 Å². The van der Waals surface area contributed by atoms with E-state index in [4.69, 9.17) is 35.4 Å². The second-order valence-corrected chi connectivity index (χ2v) is 20.8. The van der Waals surface area contributed by atoms with Crippen LogP contribution in [0.4, 0.5) is 0 Å². The van der Waals surface area contributed by atoms with Gasteiger partial charge in [0.1, 0.15) is 34.2 Å². The van der Waals surface area contributed by atoms with Crippen molar-refractivity contribution in [1.82, 2.24) is 30.1 Å². The largest absolute Gasteiger partial charge is 0.508 e. The summed E-state index contributed by atoms with van der Waals surface area (Å²) >= 11 is 5.50. The number of ether oxygens (including phenoxy) is 1. The lowest BCUT2D eigenvalue weighted by atomic mass is 9.97. The molecule has 12 rings (SSSR count). The number of para-hydroxylation sites is 2. The molecule has 0 unspecified atom stereocenters. The lowest BCUT2D eigenvalue weighted by molar-refractivity contribution is 0.127. The maximum Gasteiger partial charge on any atom is 0.193 e. The van der Waals surface area contributed by atoms with E-state index >= 15 is 0 Å². The number of halogens is 2. The molecule has 0 atom stereocenters. The molecule has 0 spiro atoms. The Hall–Kier alpha value is -7.27. The summed E-state index contributed by atoms with van der Waals surface area (Å²) in [5, 5.41) is 31.3. The number of fused-ring (bicyclic) bond motifs is 2. The molecule has 3 saturated heterocycles. The first kappa shape index (κ1) is 62.3. The third-order valence-electron chi connectivity index (χ3n) is 14.6. The molecule has 0 aliphatic carbocycles. The molecular formula is C66H74Cl2N6O8. The minimum absolute atomic E-state index is 0. The van der Waals surface area contributed by atoms with Crippen LogP contribution in [0.15, 0.2) is 201 Å². The van der Waals surface area contributed by atoms with Crippen LogP contribution in [-0.4, -0.2) is 99.2 Å². The summed E-state index contributed by atoms with van der Waals surface area (Å²) in [5.74, 6) is 4.35. The Morgan fingerprint density at radius 3 is 1.34 bits per heavy atom. The summed E-state index contributed by atoms with van der Waals surface area (Å²) in [7, 11) is 0. The minimum Gasteiger partial charge on any atom is -0.508 e. The number of hydrogen-bond acceptors (Lipinski definition) is 14. The standard InChI is InChI=1S/C27H26N2O3.C15H10O3.C12H18N2O.C6H6ClN.C6H13NO.ClH/c30-25-17-27(32-26-4-2-1-3-24(25)26)22-5-7-23(8-6-22)31-19-21-11-15-29(16-12-21)18-20-9-13-28-14-10-20;16-11-7-5-10(6-8-11)15-9-13(17)12-3-1-2-4-14(12)18-15;15-10-12-3-7-14(8-4-12)9-11-1-5-13-6-2-11;7-5-6-1-3-8-4-2-6;8-5-6-1-3-7-4-2-6;/h1-10,13-14,17,21H,11-12,15-16,18-19H2;1-9,16H;1-2,5-6,12,15H,3-4,7-10H2;1-4H,5H2;6-8H,1-5H2;1H. The van der Waals surface area contributed by atoms with E-state index in [1.807, 2.05) is 85.5 Å². The lowest BCUT2D eigenvalue weighted by Gasteiger charge is -2.31. The van der Waals surface area contributed by atoms with Gasteiger partial charge in [0.05, 0.1) is 17.4 Å². The number of hydrogen-bond donors (Lipinski definition) is 4. The number of aliphatic hydroxyl groups is 2. The molecular weight excluding hydrogens is 1080 g/mol. The Balaban J connectivity index is 0.000000164. The third kappa shape index (κ3) is 19.7. The van der Waals surface area contributed by atoms with Crippen molar-refractivity contribution >= 4 is 45.9 Å². The van der Waals surface area contributed by atoms with Crippen LogP contribution in [0, 0.1) is 17.8 Å². The monoisotopic (exact) mass is 1150 g/mol. The van der Waals surface area contributed by atoms with E-state index in [0.29, 0.717) is 70.3 Å². The van der Waals surface area contributed by atoms with Crippen molar-refractivity contribution < 1.29 is 28.9 Å². The molecule has 4 aromatic carbocycles. The number of phenolic OH excluding ortho intramolecular Hbond substituents is 1. The van der Waals surface area contributed by atoms with E-state index in [-0.39, 0.29) is 29.0 Å². The van der Waals surface area contributed by atoms with Gasteiger partial charge in [-0.05, 0) is 221 Å². The highest BCUT2D eigenvalue weighted by molar-refractivity contribution is 6.17. The molecule has 14 nitrogen and oxygen atoms in total. The minimum atomic E-state index is -0.0695. The molecule has 82 heavy (non-hydrogen) atoms. The number of likely N-dealkylation sites (tertiary alicyclic amines) is 2. The van der Waals surface area contributed by atoms with E-state index in [1.54, 1.807) is 67.0 Å². The van der Waals surface area contributed by atoms with Gasteiger partial charge in [-0.25, -0.2) is 0 Å². The molecule has 3 aliphatic rings. The number of phenols is 1. The number of aromatic nitrogens is 3. The lowest BCUT2D eigenvalue weighted by Crippen LogP contribution is -2.35. The van der Waals surface area contributed by atoms with Crippen molar-refractivity contribution in [2.45, 2.75) is 57.5 Å². The van der Waals surface area contributed by atoms with Crippen molar-refractivity contribution in [3.05, 3.63) is 220 Å². The van der Waals surface area contributed by atoms with Crippen molar-refractivity contribution in [2.24, 2.45) is 17.8 Å². The first-order chi connectivity index (χ1) is 39.7. The van der Waals surface area contributed by atoms with Gasteiger partial charge in [-0.15, -0.1) is 24.0 Å². The van der Waals surface area contributed by atoms with Gasteiger partial charge in [-0.2, -0.15) is 0 Å². The van der Waals surface area contributed by atoms with Gasteiger partial charge >= 0.3 is 0 Å². The summed E-state index contributed by atoms with van der Waals surface area (Å²) in [6.45, 7) is 10.0. The second-order valence-electron chi connectivity index (χ2n) is 20.5. The van der Waals surface area contributed by atoms with Crippen molar-refractivity contribution in [3.8, 4) is 34.1 Å². The zero-order valence-electron chi connectivity index (χ0n) is 46.2. The molecule has 0 saturated carbocycles. The number of pyridine rings is 3. The number of aliphatic hydroxyl groups excluding tert-OH is 2. The molecule has 3 fully saturated rings. The Bertz CT molecular complexity index is 3360. The van der Waals surface area contributed by atoms with Crippen molar-refractivity contribution in [1.29, 1.82) is 0 Å². The fourth-order valence-corrected chi connectivity index (χ4v) is 9.89. The third-order valence-corrected chi connectivity index (χ3v) is 15.0. The zero-order valence-corrected chi connectivity index (χ0v) is 47.8. The summed E-state index contributed by atoms with van der Waals surface area (Å²) in [6.07, 6.45) is 17.7. The normalized spacial score (nSPS) is 15.0. The first-order valence-corrected chi connectivity index (χ1v) is 28.4. The smallest absolute Gasteiger partial charge is 0.193 e. The molecule has 16 heteroatoms. The number of piperidine rings is 3. The predicted octanol–water partition coefficient (Wildman–Crippen LogP) is 11.8. The fourth-order valence-electron chi connectivity index (χ4n) is 9.71. The fraction of sp³-hybridized carbons (Fsp3) is 0.318. The predicted molar refractivity (Wildman–Crippen MR) is 328 cm³/mol. The zero-order chi connectivity index (χ0) is 56.4. The van der Waals surface area contributed by atoms with E-state index < -0.39 is 0 Å².